The molecule has 1 amide bonds. The van der Waals surface area contributed by atoms with E-state index in [9.17, 15) is 4.79 Å². The molecule has 0 aliphatic heterocycles. The van der Waals surface area contributed by atoms with Crippen LogP contribution in [0.2, 0.25) is 0 Å². The minimum absolute atomic E-state index is 0.00540. The number of nitrogens with one attached hydrogen (secondary N) is 1. The van der Waals surface area contributed by atoms with Crippen LogP contribution in [0, 0.1) is 6.92 Å². The molecular weight excluding hydrogens is 301 g/mol. The lowest BCUT2D eigenvalue weighted by molar-refractivity contribution is 0.0952. The van der Waals surface area contributed by atoms with E-state index in [0.29, 0.717) is 18.7 Å². The Morgan fingerprint density at radius 3 is 2.32 bits per heavy atom. The van der Waals surface area contributed by atoms with Gasteiger partial charge in [-0.1, -0.05) is 30.5 Å². The van der Waals surface area contributed by atoms with Crippen molar-refractivity contribution in [2.24, 2.45) is 0 Å². The van der Waals surface area contributed by atoms with Crippen LogP contribution < -0.4 is 5.32 Å². The zero-order valence-electron chi connectivity index (χ0n) is 13.6. The van der Waals surface area contributed by atoms with Crippen molar-refractivity contribution in [1.82, 2.24) is 5.32 Å². The summed E-state index contributed by atoms with van der Waals surface area (Å²) in [5.74, 6) is -0.00540. The largest absolute Gasteiger partial charge is 0.352 e. The first-order valence-electron chi connectivity index (χ1n) is 7.53. The van der Waals surface area contributed by atoms with Crippen molar-refractivity contribution >= 4 is 14.5 Å². The highest BCUT2D eigenvalue weighted by atomic mass is 31.2. The fourth-order valence-corrected chi connectivity index (χ4v) is 2.55. The molecule has 0 aliphatic carbocycles. The molecule has 0 atom stereocenters. The van der Waals surface area contributed by atoms with E-state index in [1.165, 1.54) is 0 Å². The summed E-state index contributed by atoms with van der Waals surface area (Å²) >= 11 is 0. The van der Waals surface area contributed by atoms with Crippen molar-refractivity contribution in [1.29, 1.82) is 0 Å². The van der Waals surface area contributed by atoms with Gasteiger partial charge in [0.25, 0.3) is 5.91 Å². The average Bonchev–Trinajstić information content (AvgIpc) is 2.54. The summed E-state index contributed by atoms with van der Waals surface area (Å²) in [6.07, 6.45) is 4.07. The Hall–Kier alpha value is -1.00. The highest BCUT2D eigenvalue weighted by Gasteiger charge is 2.06. The second-order valence-corrected chi connectivity index (χ2v) is 6.39. The molecule has 0 saturated heterocycles. The monoisotopic (exact) mass is 327 g/mol. The predicted molar refractivity (Wildman–Crippen MR) is 88.9 cm³/mol. The summed E-state index contributed by atoms with van der Waals surface area (Å²) in [5, 5.41) is 2.94. The maximum absolute atomic E-state index is 11.9. The van der Waals surface area contributed by atoms with Crippen LogP contribution in [0.4, 0.5) is 0 Å². The Kier molecular flexibility index (Phi) is 10.0. The minimum Gasteiger partial charge on any atom is -0.352 e. The molecule has 6 heteroatoms. The first-order valence-corrected chi connectivity index (χ1v) is 8.63. The van der Waals surface area contributed by atoms with E-state index in [0.717, 1.165) is 31.2 Å². The van der Waals surface area contributed by atoms with E-state index in [4.69, 9.17) is 13.6 Å². The van der Waals surface area contributed by atoms with Crippen molar-refractivity contribution in [2.75, 3.05) is 27.4 Å². The first kappa shape index (κ1) is 19.0. The van der Waals surface area contributed by atoms with E-state index in [1.807, 2.05) is 31.2 Å². The third-order valence-corrected chi connectivity index (χ3v) is 4.15. The Morgan fingerprint density at radius 2 is 1.68 bits per heavy atom. The minimum atomic E-state index is -1.18. The van der Waals surface area contributed by atoms with E-state index in [2.05, 4.69) is 5.32 Å². The van der Waals surface area contributed by atoms with E-state index < -0.39 is 8.60 Å². The summed E-state index contributed by atoms with van der Waals surface area (Å²) in [7, 11) is 1.97. The number of rotatable bonds is 11. The predicted octanol–water partition coefficient (Wildman–Crippen LogP) is 3.82. The van der Waals surface area contributed by atoms with Crippen molar-refractivity contribution in [3.63, 3.8) is 0 Å². The number of carbonyl (C=O) groups is 1. The van der Waals surface area contributed by atoms with Crippen molar-refractivity contribution in [2.45, 2.75) is 32.6 Å². The normalized spacial score (nSPS) is 10.9. The lowest BCUT2D eigenvalue weighted by Crippen LogP contribution is -2.24. The maximum Gasteiger partial charge on any atom is 0.332 e. The maximum atomic E-state index is 11.9. The van der Waals surface area contributed by atoms with Crippen LogP contribution in [0.25, 0.3) is 0 Å². The molecule has 124 valence electrons. The van der Waals surface area contributed by atoms with Gasteiger partial charge in [-0.15, -0.1) is 0 Å². The van der Waals surface area contributed by atoms with Gasteiger partial charge in [-0.2, -0.15) is 0 Å². The molecule has 0 heterocycles. The molecule has 0 unspecified atom stereocenters. The highest BCUT2D eigenvalue weighted by Crippen LogP contribution is 2.37. The molecular formula is C16H26NO4P. The van der Waals surface area contributed by atoms with E-state index in [1.54, 1.807) is 14.2 Å². The molecule has 0 fully saturated rings. The average molecular weight is 327 g/mol. The van der Waals surface area contributed by atoms with Gasteiger partial charge in [0.2, 0.25) is 0 Å². The Bertz CT molecular complexity index is 421. The van der Waals surface area contributed by atoms with Crippen LogP contribution in [0.5, 0.6) is 0 Å². The SMILES string of the molecule is COP(OC)OCCCCCCNC(=O)c1ccc(C)cc1. The summed E-state index contributed by atoms with van der Waals surface area (Å²) < 4.78 is 15.4. The Balaban J connectivity index is 2.01. The third kappa shape index (κ3) is 7.85. The molecule has 0 radical (unpaired) electrons. The molecule has 5 nitrogen and oxygen atoms in total. The standard InChI is InChI=1S/C16H26NO4P/c1-14-8-10-15(11-9-14)16(18)17-12-6-4-5-7-13-21-22(19-2)20-3/h8-11H,4-7,12-13H2,1-3H3,(H,17,18). The molecule has 1 aromatic rings. The van der Waals surface area contributed by atoms with Gasteiger partial charge in [0, 0.05) is 26.3 Å². The number of hydrogen-bond donors (Lipinski definition) is 1. The Labute approximate surface area is 134 Å². The van der Waals surface area contributed by atoms with Gasteiger partial charge in [-0.05, 0) is 31.9 Å². The second-order valence-electron chi connectivity index (χ2n) is 4.96. The zero-order valence-corrected chi connectivity index (χ0v) is 14.5. The topological polar surface area (TPSA) is 56.8 Å². The van der Waals surface area contributed by atoms with Crippen molar-refractivity contribution in [3.8, 4) is 0 Å². The van der Waals surface area contributed by atoms with Crippen LogP contribution in [-0.2, 0) is 13.6 Å². The Morgan fingerprint density at radius 1 is 1.05 bits per heavy atom. The summed E-state index contributed by atoms with van der Waals surface area (Å²) in [5.41, 5.74) is 1.87. The van der Waals surface area contributed by atoms with Gasteiger partial charge >= 0.3 is 8.60 Å². The number of unbranched alkanes of at least 4 members (excludes halogenated alkanes) is 3. The fraction of sp³-hybridized carbons (Fsp3) is 0.562. The van der Waals surface area contributed by atoms with Crippen LogP contribution in [0.1, 0.15) is 41.6 Å². The molecule has 0 aliphatic rings. The summed E-state index contributed by atoms with van der Waals surface area (Å²) in [4.78, 5) is 11.9. The lowest BCUT2D eigenvalue weighted by Gasteiger charge is -2.11. The van der Waals surface area contributed by atoms with Gasteiger partial charge in [0.15, 0.2) is 0 Å². The van der Waals surface area contributed by atoms with Crippen LogP contribution in [0.15, 0.2) is 24.3 Å². The van der Waals surface area contributed by atoms with Gasteiger partial charge in [0.1, 0.15) is 0 Å². The number of benzene rings is 1. The number of amides is 1. The van der Waals surface area contributed by atoms with E-state index >= 15 is 0 Å². The fourth-order valence-electron chi connectivity index (χ4n) is 1.91. The highest BCUT2D eigenvalue weighted by molar-refractivity contribution is 7.41. The lowest BCUT2D eigenvalue weighted by atomic mass is 10.1. The van der Waals surface area contributed by atoms with Gasteiger partial charge in [-0.3, -0.25) is 4.79 Å². The molecule has 0 saturated carbocycles. The molecule has 0 bridgehead atoms. The molecule has 1 rings (SSSR count). The number of hydrogen-bond acceptors (Lipinski definition) is 4. The second kappa shape index (κ2) is 11.6. The van der Waals surface area contributed by atoms with Gasteiger partial charge < -0.3 is 18.9 Å². The quantitative estimate of drug-likeness (QED) is 0.496. The van der Waals surface area contributed by atoms with E-state index in [-0.39, 0.29) is 5.91 Å². The third-order valence-electron chi connectivity index (χ3n) is 3.17. The summed E-state index contributed by atoms with van der Waals surface area (Å²) in [6.45, 7) is 3.35. The smallest absolute Gasteiger partial charge is 0.332 e. The van der Waals surface area contributed by atoms with Gasteiger partial charge in [-0.25, -0.2) is 0 Å². The van der Waals surface area contributed by atoms with Crippen molar-refractivity contribution in [3.05, 3.63) is 35.4 Å². The molecule has 1 aromatic carbocycles. The van der Waals surface area contributed by atoms with Gasteiger partial charge in [0.05, 0.1) is 6.61 Å². The van der Waals surface area contributed by atoms with Crippen LogP contribution in [-0.4, -0.2) is 33.3 Å². The molecule has 0 aromatic heterocycles. The van der Waals surface area contributed by atoms with Crippen LogP contribution in [0.3, 0.4) is 0 Å². The van der Waals surface area contributed by atoms with Crippen LogP contribution >= 0.6 is 8.60 Å². The van der Waals surface area contributed by atoms with Crippen molar-refractivity contribution < 1.29 is 18.4 Å². The number of aryl methyl sites for hydroxylation is 1. The molecule has 1 N–H and O–H groups in total. The molecule has 0 spiro atoms. The summed E-state index contributed by atoms with van der Waals surface area (Å²) in [6, 6.07) is 7.60. The first-order chi connectivity index (χ1) is 10.7. The molecule has 22 heavy (non-hydrogen) atoms. The number of carbonyl (C=O) groups excluding carboxylic acids is 1. The zero-order chi connectivity index (χ0) is 16.2.